The number of hydrogen-bond acceptors (Lipinski definition) is 7. The number of rotatable bonds is 4. The van der Waals surface area contributed by atoms with Crippen molar-refractivity contribution in [2.75, 3.05) is 45.1 Å². The number of imidazole rings is 1. The van der Waals surface area contributed by atoms with Crippen LogP contribution in [0.25, 0.3) is 11.2 Å². The molecule has 9 nitrogen and oxygen atoms in total. The number of carbonyl (C=O) groups excluding carboxylic acids is 1. The van der Waals surface area contributed by atoms with Gasteiger partial charge in [-0.25, -0.2) is 19.7 Å². The van der Waals surface area contributed by atoms with E-state index in [1.54, 1.807) is 4.90 Å². The van der Waals surface area contributed by atoms with Crippen molar-refractivity contribution in [2.45, 2.75) is 45.6 Å². The quantitative estimate of drug-likeness (QED) is 0.750. The van der Waals surface area contributed by atoms with Crippen LogP contribution in [0, 0.1) is 17.8 Å². The SMILES string of the molecule is CC(C)COC(=O)N1CCN(CC#Cc2nc(N)c3ncn(C4CCCC4)c3n2)CC1. The summed E-state index contributed by atoms with van der Waals surface area (Å²) in [5, 5.41) is 0. The van der Waals surface area contributed by atoms with E-state index in [1.807, 2.05) is 20.2 Å². The Balaban J connectivity index is 1.35. The minimum atomic E-state index is -0.226. The van der Waals surface area contributed by atoms with Crippen LogP contribution in [0.2, 0.25) is 0 Å². The van der Waals surface area contributed by atoms with E-state index in [4.69, 9.17) is 10.5 Å². The number of anilines is 1. The van der Waals surface area contributed by atoms with Crippen LogP contribution in [-0.2, 0) is 4.74 Å². The molecule has 1 saturated heterocycles. The van der Waals surface area contributed by atoms with Gasteiger partial charge in [0, 0.05) is 32.2 Å². The Kier molecular flexibility index (Phi) is 6.56. The molecule has 1 aliphatic carbocycles. The van der Waals surface area contributed by atoms with Crippen LogP contribution in [0.15, 0.2) is 6.33 Å². The number of nitrogens with zero attached hydrogens (tertiary/aromatic N) is 6. The molecular weight excluding hydrogens is 394 g/mol. The number of ether oxygens (including phenoxy) is 1. The Hall–Kier alpha value is -2.86. The largest absolute Gasteiger partial charge is 0.449 e. The Labute approximate surface area is 183 Å². The zero-order chi connectivity index (χ0) is 21.8. The molecule has 3 heterocycles. The average Bonchev–Trinajstić information content (AvgIpc) is 3.42. The molecule has 0 atom stereocenters. The molecule has 2 aliphatic rings. The Morgan fingerprint density at radius 1 is 1.23 bits per heavy atom. The van der Waals surface area contributed by atoms with E-state index in [2.05, 4.69) is 36.3 Å². The molecule has 2 aromatic rings. The third-order valence-corrected chi connectivity index (χ3v) is 5.84. The number of nitrogens with two attached hydrogens (primary N) is 1. The zero-order valence-corrected chi connectivity index (χ0v) is 18.4. The first-order valence-electron chi connectivity index (χ1n) is 11.1. The van der Waals surface area contributed by atoms with Crippen molar-refractivity contribution in [1.29, 1.82) is 0 Å². The summed E-state index contributed by atoms with van der Waals surface area (Å²) in [4.78, 5) is 29.4. The van der Waals surface area contributed by atoms with Gasteiger partial charge < -0.3 is 19.9 Å². The number of hydrogen-bond donors (Lipinski definition) is 1. The summed E-state index contributed by atoms with van der Waals surface area (Å²) in [5.41, 5.74) is 7.54. The second-order valence-electron chi connectivity index (χ2n) is 8.73. The highest BCUT2D eigenvalue weighted by atomic mass is 16.6. The third kappa shape index (κ3) is 5.07. The van der Waals surface area contributed by atoms with Crippen LogP contribution >= 0.6 is 0 Å². The standard InChI is InChI=1S/C22H31N7O2/c1-16(2)14-31-22(30)28-12-10-27(11-13-28)9-5-8-18-25-20(23)19-21(26-18)29(15-24-19)17-6-3-4-7-17/h15-17H,3-4,6-7,9-14H2,1-2H3,(H2,23,25,26). The van der Waals surface area contributed by atoms with Gasteiger partial charge in [-0.05, 0) is 24.7 Å². The lowest BCUT2D eigenvalue weighted by atomic mass is 10.2. The molecule has 2 fully saturated rings. The van der Waals surface area contributed by atoms with Crippen molar-refractivity contribution in [3.8, 4) is 11.8 Å². The summed E-state index contributed by atoms with van der Waals surface area (Å²) >= 11 is 0. The zero-order valence-electron chi connectivity index (χ0n) is 18.4. The van der Waals surface area contributed by atoms with E-state index in [9.17, 15) is 4.79 Å². The van der Waals surface area contributed by atoms with Crippen LogP contribution in [0.3, 0.4) is 0 Å². The molecular formula is C22H31N7O2. The van der Waals surface area contributed by atoms with Gasteiger partial charge in [-0.1, -0.05) is 32.6 Å². The minimum absolute atomic E-state index is 0.226. The monoisotopic (exact) mass is 425 g/mol. The van der Waals surface area contributed by atoms with Gasteiger partial charge in [-0.3, -0.25) is 4.90 Å². The van der Waals surface area contributed by atoms with Gasteiger partial charge in [0.05, 0.1) is 19.5 Å². The van der Waals surface area contributed by atoms with Crippen molar-refractivity contribution in [3.63, 3.8) is 0 Å². The molecule has 0 unspecified atom stereocenters. The predicted molar refractivity (Wildman–Crippen MR) is 118 cm³/mol. The molecule has 1 aliphatic heterocycles. The van der Waals surface area contributed by atoms with E-state index in [0.29, 0.717) is 55.4 Å². The van der Waals surface area contributed by atoms with Gasteiger partial charge >= 0.3 is 6.09 Å². The van der Waals surface area contributed by atoms with Crippen LogP contribution in [0.1, 0.15) is 51.4 Å². The minimum Gasteiger partial charge on any atom is -0.449 e. The number of amides is 1. The summed E-state index contributed by atoms with van der Waals surface area (Å²) < 4.78 is 7.44. The summed E-state index contributed by atoms with van der Waals surface area (Å²) in [7, 11) is 0. The van der Waals surface area contributed by atoms with Crippen LogP contribution in [0.4, 0.5) is 10.6 Å². The number of piperazine rings is 1. The lowest BCUT2D eigenvalue weighted by Crippen LogP contribution is -2.49. The van der Waals surface area contributed by atoms with E-state index in [0.717, 1.165) is 31.6 Å². The van der Waals surface area contributed by atoms with Crippen molar-refractivity contribution in [3.05, 3.63) is 12.2 Å². The third-order valence-electron chi connectivity index (χ3n) is 5.84. The molecule has 0 aromatic carbocycles. The maximum absolute atomic E-state index is 12.1. The van der Waals surface area contributed by atoms with Crippen LogP contribution in [0.5, 0.6) is 0 Å². The molecule has 31 heavy (non-hydrogen) atoms. The molecule has 1 saturated carbocycles. The van der Waals surface area contributed by atoms with Crippen molar-refractivity contribution < 1.29 is 9.53 Å². The van der Waals surface area contributed by atoms with Gasteiger partial charge in [0.15, 0.2) is 11.5 Å². The van der Waals surface area contributed by atoms with Gasteiger partial charge in [0.2, 0.25) is 5.82 Å². The fourth-order valence-electron chi connectivity index (χ4n) is 4.09. The lowest BCUT2D eigenvalue weighted by Gasteiger charge is -2.33. The Bertz CT molecular complexity index is 977. The molecule has 0 bridgehead atoms. The lowest BCUT2D eigenvalue weighted by molar-refractivity contribution is 0.0718. The summed E-state index contributed by atoms with van der Waals surface area (Å²) in [6.07, 6.45) is 6.37. The van der Waals surface area contributed by atoms with E-state index < -0.39 is 0 Å². The predicted octanol–water partition coefficient (Wildman–Crippen LogP) is 2.29. The molecule has 4 rings (SSSR count). The van der Waals surface area contributed by atoms with Gasteiger partial charge in [-0.2, -0.15) is 0 Å². The van der Waals surface area contributed by atoms with Crippen molar-refractivity contribution in [1.82, 2.24) is 29.3 Å². The number of nitrogen functional groups attached to an aromatic ring is 1. The number of fused-ring (bicyclic) bond motifs is 1. The smallest absolute Gasteiger partial charge is 0.409 e. The van der Waals surface area contributed by atoms with E-state index in [-0.39, 0.29) is 6.09 Å². The second kappa shape index (κ2) is 9.52. The first-order chi connectivity index (χ1) is 15.0. The molecule has 9 heteroatoms. The highest BCUT2D eigenvalue weighted by Gasteiger charge is 2.22. The average molecular weight is 426 g/mol. The topological polar surface area (TPSA) is 102 Å². The molecule has 2 N–H and O–H groups in total. The van der Waals surface area contributed by atoms with Crippen LogP contribution < -0.4 is 5.73 Å². The number of aromatic nitrogens is 4. The fourth-order valence-corrected chi connectivity index (χ4v) is 4.09. The first-order valence-corrected chi connectivity index (χ1v) is 11.1. The fraction of sp³-hybridized carbons (Fsp3) is 0.636. The second-order valence-corrected chi connectivity index (χ2v) is 8.73. The normalized spacial score (nSPS) is 17.8. The van der Waals surface area contributed by atoms with Crippen molar-refractivity contribution >= 4 is 23.1 Å². The summed E-state index contributed by atoms with van der Waals surface area (Å²) in [6, 6.07) is 0.434. The number of carbonyl (C=O) groups is 1. The highest BCUT2D eigenvalue weighted by molar-refractivity contribution is 5.82. The van der Waals surface area contributed by atoms with Gasteiger partial charge in [0.25, 0.3) is 0 Å². The molecule has 2 aromatic heterocycles. The maximum atomic E-state index is 12.1. The molecule has 0 spiro atoms. The summed E-state index contributed by atoms with van der Waals surface area (Å²) in [6.45, 7) is 7.94. The highest BCUT2D eigenvalue weighted by Crippen LogP contribution is 2.32. The molecule has 1 amide bonds. The molecule has 0 radical (unpaired) electrons. The summed E-state index contributed by atoms with van der Waals surface area (Å²) in [5.74, 6) is 7.36. The van der Waals surface area contributed by atoms with E-state index >= 15 is 0 Å². The van der Waals surface area contributed by atoms with Gasteiger partial charge in [0.1, 0.15) is 5.52 Å². The van der Waals surface area contributed by atoms with E-state index in [1.165, 1.54) is 12.8 Å². The Morgan fingerprint density at radius 3 is 2.68 bits per heavy atom. The Morgan fingerprint density at radius 2 is 1.97 bits per heavy atom. The van der Waals surface area contributed by atoms with Crippen LogP contribution in [-0.4, -0.2) is 74.7 Å². The first kappa shape index (κ1) is 21.4. The van der Waals surface area contributed by atoms with Crippen molar-refractivity contribution in [2.24, 2.45) is 5.92 Å². The van der Waals surface area contributed by atoms with Gasteiger partial charge in [-0.15, -0.1) is 0 Å². The maximum Gasteiger partial charge on any atom is 0.409 e. The molecule has 166 valence electrons.